The number of aryl methyl sites for hydroxylation is 1. The molecule has 21 heavy (non-hydrogen) atoms. The fourth-order valence-electron chi connectivity index (χ4n) is 2.06. The van der Waals surface area contributed by atoms with E-state index in [-0.39, 0.29) is 11.4 Å². The third kappa shape index (κ3) is 3.45. The maximum atomic E-state index is 12.2. The number of nitrogens with one attached hydrogen (secondary N) is 1. The zero-order valence-electron chi connectivity index (χ0n) is 12.1. The Labute approximate surface area is 123 Å². The summed E-state index contributed by atoms with van der Waals surface area (Å²) in [7, 11) is -0.517. The Morgan fingerprint density at radius 2 is 2.19 bits per heavy atom. The maximum absolute atomic E-state index is 12.2. The summed E-state index contributed by atoms with van der Waals surface area (Å²) < 4.78 is 37.0. The first-order valence-corrected chi connectivity index (χ1v) is 7.88. The Kier molecular flexibility index (Phi) is 4.38. The van der Waals surface area contributed by atoms with Crippen molar-refractivity contribution in [3.8, 4) is 5.75 Å². The van der Waals surface area contributed by atoms with Gasteiger partial charge in [0.05, 0.1) is 18.6 Å². The van der Waals surface area contributed by atoms with Crippen LogP contribution in [0.1, 0.15) is 5.56 Å². The van der Waals surface area contributed by atoms with E-state index in [1.807, 2.05) is 0 Å². The molecule has 7 nitrogen and oxygen atoms in total. The number of hydrogen-bond donors (Lipinski definition) is 1. The molecule has 0 aliphatic carbocycles. The summed E-state index contributed by atoms with van der Waals surface area (Å²) in [6.07, 6.45) is -0.920. The summed E-state index contributed by atoms with van der Waals surface area (Å²) in [5.74, 6) is 0.625. The normalized spacial score (nSPS) is 18.7. The maximum Gasteiger partial charge on any atom is 0.410 e. The fraction of sp³-hybridized carbons (Fsp3) is 0.462. The number of likely N-dealkylation sites (N-methyl/N-ethyl adjacent to an activating group) is 1. The predicted molar refractivity (Wildman–Crippen MR) is 75.8 cm³/mol. The van der Waals surface area contributed by atoms with Crippen molar-refractivity contribution in [2.75, 3.05) is 27.2 Å². The lowest BCUT2D eigenvalue weighted by Crippen LogP contribution is -2.34. The van der Waals surface area contributed by atoms with E-state index in [1.54, 1.807) is 20.0 Å². The number of methoxy groups -OCH3 is 1. The van der Waals surface area contributed by atoms with Crippen LogP contribution in [0.2, 0.25) is 0 Å². The molecule has 1 amide bonds. The summed E-state index contributed by atoms with van der Waals surface area (Å²) in [5, 5.41) is 0. The average Bonchev–Trinajstić information content (AvgIpc) is 2.76. The molecule has 0 saturated carbocycles. The van der Waals surface area contributed by atoms with Crippen molar-refractivity contribution >= 4 is 16.1 Å². The SMILES string of the molecule is COc1ccc(S(=O)(=O)NCC2CN(C)C(=O)O2)cc1C. The van der Waals surface area contributed by atoms with Crippen molar-refractivity contribution < 1.29 is 22.7 Å². The second-order valence-corrected chi connectivity index (χ2v) is 6.64. The molecule has 0 bridgehead atoms. The summed E-state index contributed by atoms with van der Waals surface area (Å²) in [4.78, 5) is 12.8. The molecule has 1 aliphatic rings. The van der Waals surface area contributed by atoms with Crippen LogP contribution in [0.15, 0.2) is 23.1 Å². The molecule has 1 atom stereocenters. The number of hydrogen-bond acceptors (Lipinski definition) is 5. The summed E-state index contributed by atoms with van der Waals surface area (Å²) in [6.45, 7) is 2.18. The molecule has 1 aliphatic heterocycles. The van der Waals surface area contributed by atoms with Gasteiger partial charge in [0.15, 0.2) is 0 Å². The van der Waals surface area contributed by atoms with Gasteiger partial charge < -0.3 is 14.4 Å². The first kappa shape index (κ1) is 15.6. The molecule has 1 aromatic carbocycles. The van der Waals surface area contributed by atoms with Gasteiger partial charge in [0.2, 0.25) is 10.0 Å². The molecule has 1 fully saturated rings. The van der Waals surface area contributed by atoms with E-state index in [9.17, 15) is 13.2 Å². The Morgan fingerprint density at radius 1 is 1.48 bits per heavy atom. The minimum absolute atomic E-state index is 0.0451. The number of rotatable bonds is 5. The second kappa shape index (κ2) is 5.90. The van der Waals surface area contributed by atoms with Gasteiger partial charge in [-0.3, -0.25) is 0 Å². The highest BCUT2D eigenvalue weighted by Gasteiger charge is 2.29. The molecule has 8 heteroatoms. The van der Waals surface area contributed by atoms with Crippen LogP contribution in [-0.4, -0.2) is 52.8 Å². The lowest BCUT2D eigenvalue weighted by molar-refractivity contribution is 0.135. The smallest absolute Gasteiger partial charge is 0.410 e. The van der Waals surface area contributed by atoms with Crippen molar-refractivity contribution in [2.24, 2.45) is 0 Å². The van der Waals surface area contributed by atoms with E-state index >= 15 is 0 Å². The van der Waals surface area contributed by atoms with Gasteiger partial charge in [-0.15, -0.1) is 0 Å². The topological polar surface area (TPSA) is 84.9 Å². The molecular formula is C13H18N2O5S. The highest BCUT2D eigenvalue weighted by Crippen LogP contribution is 2.21. The summed E-state index contributed by atoms with van der Waals surface area (Å²) in [6, 6.07) is 4.61. The van der Waals surface area contributed by atoms with Crippen LogP contribution in [0.3, 0.4) is 0 Å². The van der Waals surface area contributed by atoms with Crippen LogP contribution in [0, 0.1) is 6.92 Å². The Balaban J connectivity index is 2.05. The van der Waals surface area contributed by atoms with Crippen molar-refractivity contribution in [1.82, 2.24) is 9.62 Å². The lowest BCUT2D eigenvalue weighted by atomic mass is 10.2. The van der Waals surface area contributed by atoms with Gasteiger partial charge in [-0.05, 0) is 30.7 Å². The number of sulfonamides is 1. The van der Waals surface area contributed by atoms with Gasteiger partial charge in [0, 0.05) is 13.6 Å². The fourth-order valence-corrected chi connectivity index (χ4v) is 3.21. The van der Waals surface area contributed by atoms with Crippen molar-refractivity contribution in [2.45, 2.75) is 17.9 Å². The average molecular weight is 314 g/mol. The molecule has 2 rings (SSSR count). The van der Waals surface area contributed by atoms with E-state index < -0.39 is 22.2 Å². The van der Waals surface area contributed by atoms with Crippen molar-refractivity contribution in [3.05, 3.63) is 23.8 Å². The lowest BCUT2D eigenvalue weighted by Gasteiger charge is -2.12. The van der Waals surface area contributed by atoms with E-state index in [0.717, 1.165) is 5.56 Å². The predicted octanol–water partition coefficient (Wildman–Crippen LogP) is 0.733. The van der Waals surface area contributed by atoms with Gasteiger partial charge in [-0.2, -0.15) is 0 Å². The number of carbonyl (C=O) groups is 1. The van der Waals surface area contributed by atoms with Crippen LogP contribution < -0.4 is 9.46 Å². The van der Waals surface area contributed by atoms with Crippen LogP contribution in [0.5, 0.6) is 5.75 Å². The highest BCUT2D eigenvalue weighted by atomic mass is 32.2. The van der Waals surface area contributed by atoms with Gasteiger partial charge in [0.25, 0.3) is 0 Å². The zero-order chi connectivity index (χ0) is 15.6. The molecule has 1 saturated heterocycles. The first-order chi connectivity index (χ1) is 9.83. The Morgan fingerprint density at radius 3 is 2.71 bits per heavy atom. The molecule has 1 N–H and O–H groups in total. The van der Waals surface area contributed by atoms with Gasteiger partial charge in [-0.25, -0.2) is 17.9 Å². The minimum Gasteiger partial charge on any atom is -0.496 e. The number of carbonyl (C=O) groups excluding carboxylic acids is 1. The molecule has 1 heterocycles. The van der Waals surface area contributed by atoms with E-state index in [0.29, 0.717) is 12.3 Å². The van der Waals surface area contributed by atoms with Crippen molar-refractivity contribution in [3.63, 3.8) is 0 Å². The van der Waals surface area contributed by atoms with E-state index in [4.69, 9.17) is 9.47 Å². The quantitative estimate of drug-likeness (QED) is 0.866. The van der Waals surface area contributed by atoms with E-state index in [1.165, 1.54) is 24.1 Å². The summed E-state index contributed by atoms with van der Waals surface area (Å²) in [5.41, 5.74) is 0.729. The monoisotopic (exact) mass is 314 g/mol. The van der Waals surface area contributed by atoms with Gasteiger partial charge >= 0.3 is 6.09 Å². The van der Waals surface area contributed by atoms with Crippen molar-refractivity contribution in [1.29, 1.82) is 0 Å². The second-order valence-electron chi connectivity index (χ2n) is 4.87. The number of nitrogens with zero attached hydrogens (tertiary/aromatic N) is 1. The minimum atomic E-state index is -3.65. The molecule has 116 valence electrons. The van der Waals surface area contributed by atoms with Gasteiger partial charge in [0.1, 0.15) is 11.9 Å². The highest BCUT2D eigenvalue weighted by molar-refractivity contribution is 7.89. The first-order valence-electron chi connectivity index (χ1n) is 6.39. The zero-order valence-corrected chi connectivity index (χ0v) is 12.9. The molecule has 0 radical (unpaired) electrons. The number of ether oxygens (including phenoxy) is 2. The van der Waals surface area contributed by atoms with Crippen LogP contribution in [0.4, 0.5) is 4.79 Å². The Bertz CT molecular complexity index is 644. The molecular weight excluding hydrogens is 296 g/mol. The third-order valence-electron chi connectivity index (χ3n) is 3.23. The number of amides is 1. The van der Waals surface area contributed by atoms with E-state index in [2.05, 4.69) is 4.72 Å². The van der Waals surface area contributed by atoms with Crippen LogP contribution >= 0.6 is 0 Å². The summed E-state index contributed by atoms with van der Waals surface area (Å²) >= 11 is 0. The molecule has 0 aromatic heterocycles. The molecule has 1 aromatic rings. The largest absolute Gasteiger partial charge is 0.496 e. The Hall–Kier alpha value is -1.80. The van der Waals surface area contributed by atoms with Gasteiger partial charge in [-0.1, -0.05) is 0 Å². The van der Waals surface area contributed by atoms with Crippen LogP contribution in [-0.2, 0) is 14.8 Å². The molecule has 0 spiro atoms. The number of cyclic esters (lactones) is 1. The standard InChI is InChI=1S/C13H18N2O5S/c1-9-6-11(4-5-12(9)19-3)21(17,18)14-7-10-8-15(2)13(16)20-10/h4-6,10,14H,7-8H2,1-3H3. The number of benzene rings is 1. The van der Waals surface area contributed by atoms with Crippen LogP contribution in [0.25, 0.3) is 0 Å². The molecule has 1 unspecified atom stereocenters. The third-order valence-corrected chi connectivity index (χ3v) is 4.66.